The van der Waals surface area contributed by atoms with Gasteiger partial charge in [0.25, 0.3) is 0 Å². The Balaban J connectivity index is 1.54. The number of rotatable bonds is 2. The van der Waals surface area contributed by atoms with Crippen LogP contribution in [0.5, 0.6) is 5.75 Å². The topological polar surface area (TPSA) is 70.6 Å². The SMILES string of the molecule is O=C(Nc1ccc(F)c2c1C[C@@H](O)C2)N[C@@H]1CCOc2c1cccc2C(F)(F)F. The number of hydrogen-bond donors (Lipinski definition) is 3. The second kappa shape index (κ2) is 7.22. The van der Waals surface area contributed by atoms with Crippen LogP contribution in [0.1, 0.15) is 34.7 Å². The standard InChI is InChI=1S/C20H18F4N2O3/c21-15-4-5-16(13-9-10(27)8-12(13)15)25-19(28)26-17-6-7-29-18-11(17)2-1-3-14(18)20(22,23)24/h1-5,10,17,27H,6-9H2,(H2,25,26,28)/t10-,17+/m0/s1. The Labute approximate surface area is 163 Å². The van der Waals surface area contributed by atoms with Crippen LogP contribution in [-0.2, 0) is 19.0 Å². The number of fused-ring (bicyclic) bond motifs is 2. The molecule has 0 spiro atoms. The van der Waals surface area contributed by atoms with Crippen LogP contribution < -0.4 is 15.4 Å². The molecule has 0 saturated heterocycles. The summed E-state index contributed by atoms with van der Waals surface area (Å²) in [7, 11) is 0. The maximum absolute atomic E-state index is 13.9. The average molecular weight is 410 g/mol. The molecule has 0 bridgehead atoms. The second-order valence-electron chi connectivity index (χ2n) is 7.12. The van der Waals surface area contributed by atoms with Crippen LogP contribution in [0, 0.1) is 5.82 Å². The van der Waals surface area contributed by atoms with Gasteiger partial charge in [-0.25, -0.2) is 9.18 Å². The van der Waals surface area contributed by atoms with Gasteiger partial charge in [-0.3, -0.25) is 0 Å². The lowest BCUT2D eigenvalue weighted by molar-refractivity contribution is -0.139. The minimum Gasteiger partial charge on any atom is -0.492 e. The van der Waals surface area contributed by atoms with Gasteiger partial charge in [-0.2, -0.15) is 13.2 Å². The maximum Gasteiger partial charge on any atom is 0.419 e. The van der Waals surface area contributed by atoms with Crippen molar-refractivity contribution in [2.24, 2.45) is 0 Å². The molecule has 2 aliphatic rings. The number of alkyl halides is 3. The summed E-state index contributed by atoms with van der Waals surface area (Å²) in [5, 5.41) is 15.1. The fraction of sp³-hybridized carbons (Fsp3) is 0.350. The molecule has 9 heteroatoms. The Morgan fingerprint density at radius 3 is 2.66 bits per heavy atom. The van der Waals surface area contributed by atoms with E-state index in [0.29, 0.717) is 23.2 Å². The molecule has 1 heterocycles. The summed E-state index contributed by atoms with van der Waals surface area (Å²) in [6.45, 7) is 0.0309. The Morgan fingerprint density at radius 2 is 1.90 bits per heavy atom. The Hall–Kier alpha value is -2.81. The van der Waals surface area contributed by atoms with Gasteiger partial charge < -0.3 is 20.5 Å². The third-order valence-electron chi connectivity index (χ3n) is 5.19. The van der Waals surface area contributed by atoms with E-state index in [4.69, 9.17) is 4.74 Å². The van der Waals surface area contributed by atoms with Crippen LogP contribution in [0.2, 0.25) is 0 Å². The molecule has 154 valence electrons. The van der Waals surface area contributed by atoms with Gasteiger partial charge in [0.1, 0.15) is 11.6 Å². The molecule has 4 rings (SSSR count). The largest absolute Gasteiger partial charge is 0.492 e. The molecule has 0 radical (unpaired) electrons. The number of benzene rings is 2. The van der Waals surface area contributed by atoms with Gasteiger partial charge in [0, 0.05) is 30.5 Å². The lowest BCUT2D eigenvalue weighted by Crippen LogP contribution is -2.36. The first-order valence-corrected chi connectivity index (χ1v) is 9.12. The van der Waals surface area contributed by atoms with Gasteiger partial charge in [-0.15, -0.1) is 0 Å². The van der Waals surface area contributed by atoms with Crippen molar-refractivity contribution in [1.82, 2.24) is 5.32 Å². The number of carbonyl (C=O) groups excluding carboxylic acids is 1. The summed E-state index contributed by atoms with van der Waals surface area (Å²) in [6, 6.07) is 5.03. The van der Waals surface area contributed by atoms with E-state index in [-0.39, 0.29) is 30.8 Å². The number of carbonyl (C=O) groups is 1. The van der Waals surface area contributed by atoms with Crippen molar-refractivity contribution in [2.45, 2.75) is 37.6 Å². The van der Waals surface area contributed by atoms with Gasteiger partial charge in [0.15, 0.2) is 0 Å². The van der Waals surface area contributed by atoms with Crippen molar-refractivity contribution in [2.75, 3.05) is 11.9 Å². The lowest BCUT2D eigenvalue weighted by atomic mass is 9.97. The monoisotopic (exact) mass is 410 g/mol. The third kappa shape index (κ3) is 3.74. The van der Waals surface area contributed by atoms with Gasteiger partial charge >= 0.3 is 12.2 Å². The zero-order valence-electron chi connectivity index (χ0n) is 15.1. The molecule has 1 aliphatic carbocycles. The minimum absolute atomic E-state index is 0.0309. The molecule has 0 saturated carbocycles. The molecule has 5 nitrogen and oxygen atoms in total. The minimum atomic E-state index is -4.56. The van der Waals surface area contributed by atoms with E-state index < -0.39 is 35.7 Å². The molecule has 0 fully saturated rings. The van der Waals surface area contributed by atoms with Crippen LogP contribution in [0.3, 0.4) is 0 Å². The smallest absolute Gasteiger partial charge is 0.419 e. The maximum atomic E-state index is 13.9. The van der Waals surface area contributed by atoms with Crippen molar-refractivity contribution >= 4 is 11.7 Å². The molecule has 3 N–H and O–H groups in total. The van der Waals surface area contributed by atoms with Gasteiger partial charge in [0.05, 0.1) is 24.3 Å². The average Bonchev–Trinajstić information content (AvgIpc) is 3.06. The van der Waals surface area contributed by atoms with Crippen molar-refractivity contribution in [1.29, 1.82) is 0 Å². The fourth-order valence-corrected chi connectivity index (χ4v) is 3.89. The number of aliphatic hydroxyl groups excluding tert-OH is 1. The van der Waals surface area contributed by atoms with E-state index >= 15 is 0 Å². The molecule has 0 aromatic heterocycles. The molecule has 1 aliphatic heterocycles. The summed E-state index contributed by atoms with van der Waals surface area (Å²) in [5.74, 6) is -0.720. The molecule has 2 atom stereocenters. The number of ether oxygens (including phenoxy) is 1. The molecule has 2 aromatic rings. The highest BCUT2D eigenvalue weighted by molar-refractivity contribution is 5.91. The molecule has 29 heavy (non-hydrogen) atoms. The van der Waals surface area contributed by atoms with Gasteiger partial charge in [0.2, 0.25) is 0 Å². The quantitative estimate of drug-likeness (QED) is 0.657. The first-order valence-electron chi connectivity index (χ1n) is 9.12. The number of aliphatic hydroxyl groups is 1. The number of nitrogens with one attached hydrogen (secondary N) is 2. The van der Waals surface area contributed by atoms with Crippen molar-refractivity contribution in [3.05, 3.63) is 58.4 Å². The Morgan fingerprint density at radius 1 is 1.14 bits per heavy atom. The molecule has 2 amide bonds. The molecule has 2 aromatic carbocycles. The summed E-state index contributed by atoms with van der Waals surface area (Å²) in [4.78, 5) is 12.5. The predicted octanol–water partition coefficient (Wildman–Crippen LogP) is 3.95. The zero-order valence-corrected chi connectivity index (χ0v) is 15.1. The van der Waals surface area contributed by atoms with Crippen molar-refractivity contribution in [3.63, 3.8) is 0 Å². The summed E-state index contributed by atoms with van der Waals surface area (Å²) in [6.07, 6.45) is -4.58. The lowest BCUT2D eigenvalue weighted by Gasteiger charge is -2.29. The Bertz CT molecular complexity index is 961. The van der Waals surface area contributed by atoms with E-state index in [0.717, 1.165) is 6.07 Å². The Kier molecular flexibility index (Phi) is 4.85. The zero-order chi connectivity index (χ0) is 20.8. The number of hydrogen-bond acceptors (Lipinski definition) is 3. The first kappa shape index (κ1) is 19.5. The van der Waals surface area contributed by atoms with Crippen LogP contribution in [0.25, 0.3) is 0 Å². The number of amides is 2. The van der Waals surface area contributed by atoms with Crippen LogP contribution in [-0.4, -0.2) is 23.8 Å². The number of urea groups is 1. The number of halogens is 4. The van der Waals surface area contributed by atoms with Crippen molar-refractivity contribution < 1.29 is 32.2 Å². The highest BCUT2D eigenvalue weighted by atomic mass is 19.4. The first-order chi connectivity index (χ1) is 13.7. The van der Waals surface area contributed by atoms with E-state index in [9.17, 15) is 27.5 Å². The van der Waals surface area contributed by atoms with Gasteiger partial charge in [-0.1, -0.05) is 12.1 Å². The predicted molar refractivity (Wildman–Crippen MR) is 96.3 cm³/mol. The van der Waals surface area contributed by atoms with E-state index in [1.807, 2.05) is 0 Å². The highest BCUT2D eigenvalue weighted by Gasteiger charge is 2.38. The van der Waals surface area contributed by atoms with E-state index in [2.05, 4.69) is 10.6 Å². The molecular weight excluding hydrogens is 392 g/mol. The number of para-hydroxylation sites is 1. The molecular formula is C20H18F4N2O3. The van der Waals surface area contributed by atoms with Crippen LogP contribution in [0.15, 0.2) is 30.3 Å². The van der Waals surface area contributed by atoms with Crippen LogP contribution in [0.4, 0.5) is 28.0 Å². The van der Waals surface area contributed by atoms with Crippen LogP contribution >= 0.6 is 0 Å². The summed E-state index contributed by atoms with van der Waals surface area (Å²) in [5.41, 5.74) is 0.626. The number of anilines is 1. The van der Waals surface area contributed by atoms with Gasteiger partial charge in [-0.05, 0) is 29.3 Å². The highest BCUT2D eigenvalue weighted by Crippen LogP contribution is 2.42. The second-order valence-corrected chi connectivity index (χ2v) is 7.12. The summed E-state index contributed by atoms with van der Waals surface area (Å²) < 4.78 is 58.8. The van der Waals surface area contributed by atoms with Crippen molar-refractivity contribution in [3.8, 4) is 5.75 Å². The van der Waals surface area contributed by atoms with E-state index in [1.54, 1.807) is 0 Å². The molecule has 0 unspecified atom stereocenters. The third-order valence-corrected chi connectivity index (χ3v) is 5.19. The summed E-state index contributed by atoms with van der Waals surface area (Å²) >= 11 is 0. The fourth-order valence-electron chi connectivity index (χ4n) is 3.89. The normalized spacial score (nSPS) is 20.4. The van der Waals surface area contributed by atoms with E-state index in [1.165, 1.54) is 24.3 Å².